The minimum Gasteiger partial charge on any atom is -0.379 e. The monoisotopic (exact) mass is 284 g/mol. The zero-order valence-corrected chi connectivity index (χ0v) is 13.8. The number of guanidine groups is 1. The van der Waals surface area contributed by atoms with Crippen molar-refractivity contribution in [3.05, 3.63) is 0 Å². The molecule has 1 aliphatic rings. The van der Waals surface area contributed by atoms with Crippen LogP contribution >= 0.6 is 0 Å². The number of nitrogens with zero attached hydrogens (tertiary/aromatic N) is 2. The molecule has 0 radical (unpaired) electrons. The molecule has 2 N–H and O–H groups in total. The number of hydrogen-bond donors (Lipinski definition) is 2. The van der Waals surface area contributed by atoms with Crippen molar-refractivity contribution >= 4 is 5.96 Å². The highest BCUT2D eigenvalue weighted by molar-refractivity contribution is 5.79. The molecule has 0 aliphatic carbocycles. The second-order valence-corrected chi connectivity index (χ2v) is 6.45. The summed E-state index contributed by atoms with van der Waals surface area (Å²) in [5.41, 5.74) is 0.111. The predicted octanol–water partition coefficient (Wildman–Crippen LogP) is 1.31. The molecule has 5 heteroatoms. The Morgan fingerprint density at radius 1 is 1.25 bits per heavy atom. The molecule has 0 bridgehead atoms. The van der Waals surface area contributed by atoms with E-state index in [1.54, 1.807) is 0 Å². The summed E-state index contributed by atoms with van der Waals surface area (Å²) in [5, 5.41) is 6.81. The molecule has 0 unspecified atom stereocenters. The summed E-state index contributed by atoms with van der Waals surface area (Å²) in [5.74, 6) is 1.61. The van der Waals surface area contributed by atoms with Crippen LogP contribution in [0.15, 0.2) is 4.99 Å². The molecular formula is C15H32N4O. The van der Waals surface area contributed by atoms with Gasteiger partial charge >= 0.3 is 0 Å². The maximum absolute atomic E-state index is 5.42. The summed E-state index contributed by atoms with van der Waals surface area (Å²) in [7, 11) is 1.83. The first kappa shape index (κ1) is 17.2. The number of ether oxygens (including phenoxy) is 1. The molecule has 0 aromatic heterocycles. The van der Waals surface area contributed by atoms with E-state index < -0.39 is 0 Å². The van der Waals surface area contributed by atoms with Gasteiger partial charge in [-0.3, -0.25) is 9.89 Å². The van der Waals surface area contributed by atoms with Crippen molar-refractivity contribution in [2.75, 3.05) is 46.4 Å². The summed E-state index contributed by atoms with van der Waals surface area (Å²) in [4.78, 5) is 6.76. The first-order valence-electron chi connectivity index (χ1n) is 7.73. The normalized spacial score (nSPS) is 18.4. The van der Waals surface area contributed by atoms with Gasteiger partial charge in [0.1, 0.15) is 0 Å². The van der Waals surface area contributed by atoms with Gasteiger partial charge in [0, 0.05) is 38.8 Å². The first-order chi connectivity index (χ1) is 9.45. The standard InChI is InChI=1S/C15H32N4O/c1-13(2)6-7-17-14(16-5)18-12-15(3,4)19-8-10-20-11-9-19/h13H,6-12H2,1-5H3,(H2,16,17,18). The van der Waals surface area contributed by atoms with Gasteiger partial charge in [0.25, 0.3) is 0 Å². The van der Waals surface area contributed by atoms with E-state index in [9.17, 15) is 0 Å². The van der Waals surface area contributed by atoms with Crippen LogP contribution in [0.25, 0.3) is 0 Å². The molecule has 1 saturated heterocycles. The van der Waals surface area contributed by atoms with E-state index in [4.69, 9.17) is 4.74 Å². The molecule has 0 aromatic rings. The molecule has 0 amide bonds. The summed E-state index contributed by atoms with van der Waals surface area (Å²) in [6.45, 7) is 14.6. The van der Waals surface area contributed by atoms with Gasteiger partial charge < -0.3 is 15.4 Å². The fourth-order valence-corrected chi connectivity index (χ4v) is 2.28. The Kier molecular flexibility index (Phi) is 7.30. The Bertz CT molecular complexity index is 296. The van der Waals surface area contributed by atoms with Crippen molar-refractivity contribution in [2.45, 2.75) is 39.7 Å². The predicted molar refractivity (Wildman–Crippen MR) is 85.3 cm³/mol. The molecule has 0 spiro atoms. The van der Waals surface area contributed by atoms with E-state index in [0.29, 0.717) is 5.92 Å². The van der Waals surface area contributed by atoms with Crippen molar-refractivity contribution in [1.82, 2.24) is 15.5 Å². The topological polar surface area (TPSA) is 48.9 Å². The second kappa shape index (κ2) is 8.47. The third kappa shape index (κ3) is 6.09. The summed E-state index contributed by atoms with van der Waals surface area (Å²) in [6.07, 6.45) is 1.16. The van der Waals surface area contributed by atoms with Gasteiger partial charge in [0.15, 0.2) is 5.96 Å². The van der Waals surface area contributed by atoms with Crippen LogP contribution in [0.3, 0.4) is 0 Å². The van der Waals surface area contributed by atoms with Gasteiger partial charge in [-0.1, -0.05) is 13.8 Å². The number of morpholine rings is 1. The van der Waals surface area contributed by atoms with Crippen LogP contribution in [0, 0.1) is 5.92 Å². The van der Waals surface area contributed by atoms with Crippen molar-refractivity contribution in [3.63, 3.8) is 0 Å². The first-order valence-corrected chi connectivity index (χ1v) is 7.73. The van der Waals surface area contributed by atoms with E-state index >= 15 is 0 Å². The van der Waals surface area contributed by atoms with Crippen LogP contribution in [0.5, 0.6) is 0 Å². The molecule has 1 heterocycles. The van der Waals surface area contributed by atoms with Crippen LogP contribution in [0.2, 0.25) is 0 Å². The van der Waals surface area contributed by atoms with Crippen LogP contribution in [-0.2, 0) is 4.74 Å². The van der Waals surface area contributed by atoms with Gasteiger partial charge in [0.05, 0.1) is 13.2 Å². The van der Waals surface area contributed by atoms with Crippen molar-refractivity contribution in [2.24, 2.45) is 10.9 Å². The third-order valence-corrected chi connectivity index (χ3v) is 3.79. The molecule has 5 nitrogen and oxygen atoms in total. The average molecular weight is 284 g/mol. The zero-order valence-electron chi connectivity index (χ0n) is 13.8. The fraction of sp³-hybridized carbons (Fsp3) is 0.933. The van der Waals surface area contributed by atoms with Crippen molar-refractivity contribution < 1.29 is 4.74 Å². The Labute approximate surface area is 124 Å². The lowest BCUT2D eigenvalue weighted by Crippen LogP contribution is -2.56. The van der Waals surface area contributed by atoms with E-state index in [1.807, 2.05) is 7.05 Å². The highest BCUT2D eigenvalue weighted by Gasteiger charge is 2.28. The Morgan fingerprint density at radius 3 is 2.45 bits per heavy atom. The SMILES string of the molecule is CN=C(NCCC(C)C)NCC(C)(C)N1CCOCC1. The third-order valence-electron chi connectivity index (χ3n) is 3.79. The molecule has 1 aliphatic heterocycles. The summed E-state index contributed by atoms with van der Waals surface area (Å²) < 4.78 is 5.42. The Balaban J connectivity index is 2.34. The lowest BCUT2D eigenvalue weighted by molar-refractivity contribution is -0.00834. The van der Waals surface area contributed by atoms with Gasteiger partial charge in [-0.2, -0.15) is 0 Å². The smallest absolute Gasteiger partial charge is 0.191 e. The quantitative estimate of drug-likeness (QED) is 0.570. The maximum Gasteiger partial charge on any atom is 0.191 e. The lowest BCUT2D eigenvalue weighted by atomic mass is 10.0. The largest absolute Gasteiger partial charge is 0.379 e. The van der Waals surface area contributed by atoms with Crippen LogP contribution < -0.4 is 10.6 Å². The zero-order chi connectivity index (χ0) is 15.0. The van der Waals surface area contributed by atoms with Crippen molar-refractivity contribution in [3.8, 4) is 0 Å². The minimum absolute atomic E-state index is 0.111. The minimum atomic E-state index is 0.111. The molecular weight excluding hydrogens is 252 g/mol. The van der Waals surface area contributed by atoms with Crippen LogP contribution in [0.1, 0.15) is 34.1 Å². The van der Waals surface area contributed by atoms with Gasteiger partial charge in [0.2, 0.25) is 0 Å². The lowest BCUT2D eigenvalue weighted by Gasteiger charge is -2.41. The molecule has 0 saturated carbocycles. The Morgan fingerprint density at radius 2 is 1.90 bits per heavy atom. The molecule has 0 aromatic carbocycles. The van der Waals surface area contributed by atoms with Crippen LogP contribution in [-0.4, -0.2) is 62.8 Å². The maximum atomic E-state index is 5.42. The number of aliphatic imine (C=N–C) groups is 1. The van der Waals surface area contributed by atoms with E-state index in [2.05, 4.69) is 48.2 Å². The summed E-state index contributed by atoms with van der Waals surface area (Å²) >= 11 is 0. The fourth-order valence-electron chi connectivity index (χ4n) is 2.28. The highest BCUT2D eigenvalue weighted by Crippen LogP contribution is 2.14. The van der Waals surface area contributed by atoms with Crippen LogP contribution in [0.4, 0.5) is 0 Å². The second-order valence-electron chi connectivity index (χ2n) is 6.45. The number of hydrogen-bond acceptors (Lipinski definition) is 3. The number of rotatable bonds is 6. The van der Waals surface area contributed by atoms with Gasteiger partial charge in [-0.05, 0) is 26.2 Å². The highest BCUT2D eigenvalue weighted by atomic mass is 16.5. The summed E-state index contributed by atoms with van der Waals surface area (Å²) in [6, 6.07) is 0. The number of nitrogens with one attached hydrogen (secondary N) is 2. The van der Waals surface area contributed by atoms with Gasteiger partial charge in [-0.25, -0.2) is 0 Å². The van der Waals surface area contributed by atoms with E-state index in [0.717, 1.165) is 51.8 Å². The molecule has 1 fully saturated rings. The molecule has 1 rings (SSSR count). The van der Waals surface area contributed by atoms with E-state index in [1.165, 1.54) is 0 Å². The molecule has 20 heavy (non-hydrogen) atoms. The van der Waals surface area contributed by atoms with Crippen molar-refractivity contribution in [1.29, 1.82) is 0 Å². The average Bonchev–Trinajstić information content (AvgIpc) is 2.43. The molecule has 118 valence electrons. The van der Waals surface area contributed by atoms with Gasteiger partial charge in [-0.15, -0.1) is 0 Å². The Hall–Kier alpha value is -0.810. The van der Waals surface area contributed by atoms with E-state index in [-0.39, 0.29) is 5.54 Å². The molecule has 0 atom stereocenters.